The standard InChI is InChI=1S/C13H15F13OSi/c1-7(14)9(17,18)11(21,22)13(25,26)12(23,24)10(19,20)8(15,16)6-28-5-3-2-4-27-28/h7,28H,2-6H2,1H3. The van der Waals surface area contributed by atoms with Gasteiger partial charge in [-0.15, -0.1) is 0 Å². The molecule has 1 saturated heterocycles. The van der Waals surface area contributed by atoms with Gasteiger partial charge in [0.05, 0.1) is 0 Å². The molecule has 1 heterocycles. The molecule has 0 aliphatic carbocycles. The lowest BCUT2D eigenvalue weighted by Gasteiger charge is -2.42. The topological polar surface area (TPSA) is 9.23 Å². The molecule has 1 aliphatic heterocycles. The molecule has 0 N–H and O–H groups in total. The second-order valence-electron chi connectivity index (χ2n) is 6.43. The zero-order valence-corrected chi connectivity index (χ0v) is 15.2. The van der Waals surface area contributed by atoms with Crippen molar-refractivity contribution in [3.63, 3.8) is 0 Å². The van der Waals surface area contributed by atoms with Gasteiger partial charge in [0, 0.05) is 12.7 Å². The summed E-state index contributed by atoms with van der Waals surface area (Å²) in [6, 6.07) is -2.30. The maximum atomic E-state index is 13.7. The molecule has 1 nitrogen and oxygen atoms in total. The minimum absolute atomic E-state index is 0.163. The van der Waals surface area contributed by atoms with Gasteiger partial charge >= 0.3 is 35.5 Å². The molecule has 0 radical (unpaired) electrons. The Kier molecular flexibility index (Phi) is 6.78. The van der Waals surface area contributed by atoms with E-state index in [9.17, 15) is 57.1 Å². The second-order valence-corrected chi connectivity index (χ2v) is 9.00. The number of halogens is 13. The molecule has 0 aromatic rings. The molecule has 1 fully saturated rings. The van der Waals surface area contributed by atoms with Crippen LogP contribution in [0.25, 0.3) is 0 Å². The molecular formula is C13H15F13OSi. The van der Waals surface area contributed by atoms with Crippen molar-refractivity contribution >= 4 is 9.04 Å². The maximum Gasteiger partial charge on any atom is 0.384 e. The predicted octanol–water partition coefficient (Wildman–Crippen LogP) is 5.69. The number of rotatable bonds is 8. The first kappa shape index (κ1) is 25.3. The van der Waals surface area contributed by atoms with Crippen LogP contribution in [0.3, 0.4) is 0 Å². The zero-order chi connectivity index (χ0) is 22.4. The Labute approximate surface area is 151 Å². The van der Waals surface area contributed by atoms with Crippen LogP contribution >= 0.6 is 0 Å². The Balaban J connectivity index is 3.31. The number of alkyl halides is 13. The molecule has 0 saturated carbocycles. The van der Waals surface area contributed by atoms with Crippen LogP contribution in [0.5, 0.6) is 0 Å². The van der Waals surface area contributed by atoms with Crippen LogP contribution < -0.4 is 0 Å². The van der Waals surface area contributed by atoms with E-state index in [0.717, 1.165) is 0 Å². The summed E-state index contributed by atoms with van der Waals surface area (Å²) < 4.78 is 179. The lowest BCUT2D eigenvalue weighted by Crippen LogP contribution is -2.71. The van der Waals surface area contributed by atoms with Gasteiger partial charge in [0.2, 0.25) is 0 Å². The smallest absolute Gasteiger partial charge is 0.384 e. The molecule has 0 aromatic carbocycles. The van der Waals surface area contributed by atoms with Crippen LogP contribution in [0.2, 0.25) is 12.1 Å². The highest BCUT2D eigenvalue weighted by Crippen LogP contribution is 2.61. The van der Waals surface area contributed by atoms with E-state index in [4.69, 9.17) is 4.43 Å². The largest absolute Gasteiger partial charge is 0.420 e. The van der Waals surface area contributed by atoms with Gasteiger partial charge in [-0.05, 0) is 19.4 Å². The van der Waals surface area contributed by atoms with Crippen molar-refractivity contribution in [1.82, 2.24) is 0 Å². The Morgan fingerprint density at radius 1 is 0.750 bits per heavy atom. The molecule has 0 spiro atoms. The van der Waals surface area contributed by atoms with Crippen LogP contribution in [-0.2, 0) is 4.43 Å². The quantitative estimate of drug-likeness (QED) is 0.333. The Morgan fingerprint density at radius 3 is 1.61 bits per heavy atom. The molecular weight excluding hydrogens is 447 g/mol. The molecule has 0 amide bonds. The van der Waals surface area contributed by atoms with Gasteiger partial charge in [-0.25, -0.2) is 4.39 Å². The summed E-state index contributed by atoms with van der Waals surface area (Å²) >= 11 is 0. The van der Waals surface area contributed by atoms with E-state index in [1.807, 2.05) is 0 Å². The van der Waals surface area contributed by atoms with Crippen molar-refractivity contribution in [1.29, 1.82) is 0 Å². The molecule has 15 heteroatoms. The predicted molar refractivity (Wildman–Crippen MR) is 72.2 cm³/mol. The number of hydrogen-bond acceptors (Lipinski definition) is 1. The van der Waals surface area contributed by atoms with Gasteiger partial charge in [-0.2, -0.15) is 52.7 Å². The fraction of sp³-hybridized carbons (Fsp3) is 1.00. The van der Waals surface area contributed by atoms with Crippen molar-refractivity contribution in [3.05, 3.63) is 0 Å². The summed E-state index contributed by atoms with van der Waals surface area (Å²) in [5, 5.41) is 0. The first-order chi connectivity index (χ1) is 12.3. The van der Waals surface area contributed by atoms with E-state index in [0.29, 0.717) is 6.42 Å². The lowest BCUT2D eigenvalue weighted by atomic mass is 9.90. The fourth-order valence-electron chi connectivity index (χ4n) is 2.47. The third kappa shape index (κ3) is 3.72. The van der Waals surface area contributed by atoms with Crippen LogP contribution in [0.15, 0.2) is 0 Å². The second kappa shape index (κ2) is 7.51. The monoisotopic (exact) mass is 462 g/mol. The van der Waals surface area contributed by atoms with Crippen molar-refractivity contribution in [3.8, 4) is 0 Å². The van der Waals surface area contributed by atoms with E-state index in [2.05, 4.69) is 0 Å². The van der Waals surface area contributed by atoms with Crippen molar-refractivity contribution in [2.45, 2.75) is 73.6 Å². The van der Waals surface area contributed by atoms with Crippen LogP contribution in [-0.4, -0.2) is 57.4 Å². The van der Waals surface area contributed by atoms with E-state index in [1.54, 1.807) is 0 Å². The summed E-state index contributed by atoms with van der Waals surface area (Å²) in [7, 11) is -3.27. The summed E-state index contributed by atoms with van der Waals surface area (Å²) in [6.07, 6.45) is -3.62. The van der Waals surface area contributed by atoms with E-state index < -0.39 is 63.7 Å². The van der Waals surface area contributed by atoms with Gasteiger partial charge in [0.15, 0.2) is 15.2 Å². The van der Waals surface area contributed by atoms with Crippen molar-refractivity contribution in [2.24, 2.45) is 0 Å². The Morgan fingerprint density at radius 2 is 1.21 bits per heavy atom. The highest BCUT2D eigenvalue weighted by Gasteiger charge is 2.90. The van der Waals surface area contributed by atoms with Crippen molar-refractivity contribution < 1.29 is 61.5 Å². The molecule has 28 heavy (non-hydrogen) atoms. The zero-order valence-electron chi connectivity index (χ0n) is 14.0. The molecule has 0 bridgehead atoms. The Hall–Kier alpha value is -0.733. The summed E-state index contributed by atoms with van der Waals surface area (Å²) in [5.74, 6) is -42.4. The van der Waals surface area contributed by atoms with Gasteiger partial charge in [0.25, 0.3) is 0 Å². The molecule has 1 rings (SSSR count). The van der Waals surface area contributed by atoms with Gasteiger partial charge in [-0.1, -0.05) is 6.42 Å². The van der Waals surface area contributed by atoms with E-state index >= 15 is 0 Å². The number of hydrogen-bond donors (Lipinski definition) is 0. The normalized spacial score (nSPS) is 22.3. The van der Waals surface area contributed by atoms with Crippen LogP contribution in [0, 0.1) is 0 Å². The van der Waals surface area contributed by atoms with Crippen molar-refractivity contribution in [2.75, 3.05) is 6.61 Å². The first-order valence-corrected chi connectivity index (χ1v) is 9.90. The SMILES string of the molecule is CC(F)C(F)(F)C(F)(F)C(F)(F)C(F)(F)C(F)(F)C(F)(F)C[SiH]1CCCCO1. The Bertz CT molecular complexity index is 543. The minimum atomic E-state index is -7.72. The highest BCUT2D eigenvalue weighted by molar-refractivity contribution is 6.52. The highest BCUT2D eigenvalue weighted by atomic mass is 28.3. The van der Waals surface area contributed by atoms with E-state index in [-0.39, 0.29) is 19.1 Å². The van der Waals surface area contributed by atoms with Crippen LogP contribution in [0.1, 0.15) is 19.8 Å². The third-order valence-electron chi connectivity index (χ3n) is 4.32. The third-order valence-corrected chi connectivity index (χ3v) is 7.05. The minimum Gasteiger partial charge on any atom is -0.420 e. The molecule has 1 aliphatic rings. The average molecular weight is 462 g/mol. The maximum absolute atomic E-state index is 13.7. The fourth-order valence-corrected chi connectivity index (χ4v) is 5.03. The van der Waals surface area contributed by atoms with Gasteiger partial charge in [-0.3, -0.25) is 0 Å². The lowest BCUT2D eigenvalue weighted by molar-refractivity contribution is -0.426. The molecule has 0 aromatic heterocycles. The molecule has 168 valence electrons. The van der Waals surface area contributed by atoms with Crippen LogP contribution in [0.4, 0.5) is 57.1 Å². The molecule has 2 unspecified atom stereocenters. The van der Waals surface area contributed by atoms with Gasteiger partial charge in [0.1, 0.15) is 0 Å². The van der Waals surface area contributed by atoms with Gasteiger partial charge < -0.3 is 4.43 Å². The average Bonchev–Trinajstić information content (AvgIpc) is 2.54. The summed E-state index contributed by atoms with van der Waals surface area (Å²) in [4.78, 5) is 0. The summed E-state index contributed by atoms with van der Waals surface area (Å²) in [6.45, 7) is -0.579. The first-order valence-electron chi connectivity index (χ1n) is 7.80. The van der Waals surface area contributed by atoms with E-state index in [1.165, 1.54) is 0 Å². The molecule has 2 atom stereocenters. The summed E-state index contributed by atoms with van der Waals surface area (Å²) in [5.41, 5.74) is 0.